The second kappa shape index (κ2) is 8.43. The molecule has 7 heteroatoms. The van der Waals surface area contributed by atoms with Crippen molar-refractivity contribution in [3.05, 3.63) is 64.8 Å². The Morgan fingerprint density at radius 1 is 1.12 bits per heavy atom. The summed E-state index contributed by atoms with van der Waals surface area (Å²) in [6.07, 6.45) is 0.825. The number of halogens is 3. The number of nitrogens with one attached hydrogen (secondary N) is 1. The first-order valence-corrected chi connectivity index (χ1v) is 11.5. The molecule has 1 fully saturated rings. The normalized spacial score (nSPS) is 19.7. The molecular formula is C26H26F3NO3. The Kier molecular flexibility index (Phi) is 5.59. The van der Waals surface area contributed by atoms with Crippen molar-refractivity contribution in [2.75, 3.05) is 0 Å². The van der Waals surface area contributed by atoms with Crippen LogP contribution in [0.4, 0.5) is 13.2 Å². The maximum atomic E-state index is 13.3. The SMILES string of the molecule is O=C(O)CC1CCc2c1[nH]c1ccc(OC(c3cccc(C(F)(F)F)c3)C3CCCC3)cc21. The fourth-order valence-electron chi connectivity index (χ4n) is 5.55. The molecule has 1 aromatic heterocycles. The molecule has 0 radical (unpaired) electrons. The molecule has 2 unspecified atom stereocenters. The summed E-state index contributed by atoms with van der Waals surface area (Å²) in [6, 6.07) is 11.2. The predicted molar refractivity (Wildman–Crippen MR) is 118 cm³/mol. The zero-order chi connectivity index (χ0) is 23.2. The molecule has 3 aromatic rings. The van der Waals surface area contributed by atoms with Crippen LogP contribution >= 0.6 is 0 Å². The van der Waals surface area contributed by atoms with Crippen molar-refractivity contribution in [1.82, 2.24) is 4.98 Å². The van der Waals surface area contributed by atoms with Gasteiger partial charge in [-0.1, -0.05) is 25.0 Å². The minimum Gasteiger partial charge on any atom is -0.485 e. The number of aromatic amines is 1. The third kappa shape index (κ3) is 4.33. The summed E-state index contributed by atoms with van der Waals surface area (Å²) in [5, 5.41) is 10.2. The number of aromatic nitrogens is 1. The van der Waals surface area contributed by atoms with Crippen LogP contribution in [0.5, 0.6) is 5.75 Å². The van der Waals surface area contributed by atoms with E-state index in [-0.39, 0.29) is 18.3 Å². The largest absolute Gasteiger partial charge is 0.485 e. The van der Waals surface area contributed by atoms with Gasteiger partial charge >= 0.3 is 12.1 Å². The lowest BCUT2D eigenvalue weighted by Crippen LogP contribution is -2.18. The van der Waals surface area contributed by atoms with Crippen LogP contribution in [0.15, 0.2) is 42.5 Å². The van der Waals surface area contributed by atoms with Crippen molar-refractivity contribution < 1.29 is 27.8 Å². The van der Waals surface area contributed by atoms with Crippen molar-refractivity contribution in [2.45, 2.75) is 63.1 Å². The molecule has 2 atom stereocenters. The van der Waals surface area contributed by atoms with E-state index in [4.69, 9.17) is 4.74 Å². The predicted octanol–water partition coefficient (Wildman–Crippen LogP) is 7.00. The molecule has 2 aliphatic rings. The fourth-order valence-corrected chi connectivity index (χ4v) is 5.55. The van der Waals surface area contributed by atoms with Crippen molar-refractivity contribution >= 4 is 16.9 Å². The molecule has 0 bridgehead atoms. The van der Waals surface area contributed by atoms with Gasteiger partial charge in [0.1, 0.15) is 11.9 Å². The van der Waals surface area contributed by atoms with Gasteiger partial charge in [0.05, 0.1) is 12.0 Å². The molecule has 0 saturated heterocycles. The van der Waals surface area contributed by atoms with Gasteiger partial charge in [0, 0.05) is 28.4 Å². The van der Waals surface area contributed by atoms with E-state index in [1.807, 2.05) is 18.2 Å². The van der Waals surface area contributed by atoms with Crippen LogP contribution in [0.3, 0.4) is 0 Å². The van der Waals surface area contributed by atoms with Gasteiger partial charge in [0.25, 0.3) is 0 Å². The number of carbonyl (C=O) groups is 1. The van der Waals surface area contributed by atoms with Gasteiger partial charge in [0.2, 0.25) is 0 Å². The van der Waals surface area contributed by atoms with E-state index in [0.717, 1.165) is 66.8 Å². The van der Waals surface area contributed by atoms with Crippen LogP contribution in [-0.2, 0) is 17.4 Å². The first-order valence-electron chi connectivity index (χ1n) is 11.5. The van der Waals surface area contributed by atoms with Crippen LogP contribution in [0, 0.1) is 5.92 Å². The summed E-state index contributed by atoms with van der Waals surface area (Å²) >= 11 is 0. The van der Waals surface area contributed by atoms with E-state index in [0.29, 0.717) is 11.3 Å². The average molecular weight is 457 g/mol. The zero-order valence-corrected chi connectivity index (χ0v) is 18.1. The van der Waals surface area contributed by atoms with Crippen molar-refractivity contribution in [2.24, 2.45) is 5.92 Å². The van der Waals surface area contributed by atoms with Crippen LogP contribution in [0.25, 0.3) is 10.9 Å². The van der Waals surface area contributed by atoms with Gasteiger partial charge in [-0.2, -0.15) is 13.2 Å². The van der Waals surface area contributed by atoms with E-state index >= 15 is 0 Å². The second-order valence-electron chi connectivity index (χ2n) is 9.26. The lowest BCUT2D eigenvalue weighted by molar-refractivity contribution is -0.138. The molecule has 2 N–H and O–H groups in total. The van der Waals surface area contributed by atoms with Gasteiger partial charge in [0.15, 0.2) is 0 Å². The third-order valence-corrected chi connectivity index (χ3v) is 7.12. The summed E-state index contributed by atoms with van der Waals surface area (Å²) in [5.41, 5.74) is 2.93. The molecule has 5 rings (SSSR count). The first-order chi connectivity index (χ1) is 15.8. The van der Waals surface area contributed by atoms with Crippen molar-refractivity contribution in [1.29, 1.82) is 0 Å². The number of aryl methyl sites for hydroxylation is 1. The number of benzene rings is 2. The van der Waals surface area contributed by atoms with Crippen LogP contribution in [-0.4, -0.2) is 16.1 Å². The Bertz CT molecular complexity index is 1180. The number of alkyl halides is 3. The highest BCUT2D eigenvalue weighted by Gasteiger charge is 2.34. The summed E-state index contributed by atoms with van der Waals surface area (Å²) in [5.74, 6) is -0.0389. The van der Waals surface area contributed by atoms with Crippen molar-refractivity contribution in [3.8, 4) is 5.75 Å². The zero-order valence-electron chi connectivity index (χ0n) is 18.1. The number of hydrogen-bond acceptors (Lipinski definition) is 2. The van der Waals surface area contributed by atoms with Gasteiger partial charge in [-0.05, 0) is 67.1 Å². The van der Waals surface area contributed by atoms with E-state index < -0.39 is 23.8 Å². The maximum Gasteiger partial charge on any atom is 0.416 e. The van der Waals surface area contributed by atoms with E-state index in [2.05, 4.69) is 4.98 Å². The molecule has 0 spiro atoms. The van der Waals surface area contributed by atoms with E-state index in [9.17, 15) is 23.1 Å². The van der Waals surface area contributed by atoms with Crippen molar-refractivity contribution in [3.63, 3.8) is 0 Å². The lowest BCUT2D eigenvalue weighted by atomic mass is 9.93. The molecule has 174 valence electrons. The van der Waals surface area contributed by atoms with Gasteiger partial charge < -0.3 is 14.8 Å². The molecule has 2 aromatic carbocycles. The number of aliphatic carboxylic acids is 1. The van der Waals surface area contributed by atoms with Gasteiger partial charge in [-0.15, -0.1) is 0 Å². The molecule has 33 heavy (non-hydrogen) atoms. The Balaban J connectivity index is 1.47. The smallest absolute Gasteiger partial charge is 0.416 e. The first kappa shape index (κ1) is 21.9. The molecule has 2 aliphatic carbocycles. The summed E-state index contributed by atoms with van der Waals surface area (Å²) in [6.45, 7) is 0. The van der Waals surface area contributed by atoms with E-state index in [1.54, 1.807) is 6.07 Å². The van der Waals surface area contributed by atoms with E-state index in [1.165, 1.54) is 12.1 Å². The quantitative estimate of drug-likeness (QED) is 0.419. The number of ether oxygens (including phenoxy) is 1. The summed E-state index contributed by atoms with van der Waals surface area (Å²) < 4.78 is 46.4. The number of H-pyrrole nitrogens is 1. The lowest BCUT2D eigenvalue weighted by Gasteiger charge is -2.26. The highest BCUT2D eigenvalue weighted by atomic mass is 19.4. The molecule has 0 amide bonds. The number of fused-ring (bicyclic) bond motifs is 3. The summed E-state index contributed by atoms with van der Waals surface area (Å²) in [7, 11) is 0. The summed E-state index contributed by atoms with van der Waals surface area (Å²) in [4.78, 5) is 14.6. The van der Waals surface area contributed by atoms with Crippen LogP contribution in [0.2, 0.25) is 0 Å². The minimum absolute atomic E-state index is 0.0226. The molecule has 1 heterocycles. The topological polar surface area (TPSA) is 62.3 Å². The standard InChI is InChI=1S/C26H26F3NO3/c27-26(28,29)18-7-3-6-17(12-18)25(15-4-1-2-5-15)33-19-9-11-22-21(14-19)20-10-8-16(13-23(31)32)24(20)30-22/h3,6-7,9,11-12,14-16,25,30H,1-2,4-5,8,10,13H2,(H,31,32). The van der Waals surface area contributed by atoms with Crippen LogP contribution < -0.4 is 4.74 Å². The molecule has 4 nitrogen and oxygen atoms in total. The van der Waals surface area contributed by atoms with Gasteiger partial charge in [-0.3, -0.25) is 4.79 Å². The number of rotatable bonds is 6. The minimum atomic E-state index is -4.40. The highest BCUT2D eigenvalue weighted by Crippen LogP contribution is 2.43. The Morgan fingerprint density at radius 2 is 1.91 bits per heavy atom. The number of hydrogen-bond donors (Lipinski definition) is 2. The Labute approximate surface area is 189 Å². The molecule has 1 saturated carbocycles. The molecule has 0 aliphatic heterocycles. The van der Waals surface area contributed by atoms with Gasteiger partial charge in [-0.25, -0.2) is 0 Å². The third-order valence-electron chi connectivity index (χ3n) is 7.12. The maximum absolute atomic E-state index is 13.3. The van der Waals surface area contributed by atoms with Crippen LogP contribution in [0.1, 0.15) is 72.9 Å². The number of carboxylic acid groups (broad SMARTS) is 1. The average Bonchev–Trinajstić information content (AvgIpc) is 3.50. The second-order valence-corrected chi connectivity index (χ2v) is 9.26. The number of carboxylic acids is 1. The Hall–Kier alpha value is -2.96. The fraction of sp³-hybridized carbons (Fsp3) is 0.423. The highest BCUT2D eigenvalue weighted by molar-refractivity contribution is 5.87. The monoisotopic (exact) mass is 457 g/mol. The molecular weight excluding hydrogens is 431 g/mol. The Morgan fingerprint density at radius 3 is 2.64 bits per heavy atom.